The van der Waals surface area contributed by atoms with Gasteiger partial charge < -0.3 is 10.1 Å². The fraction of sp³-hybridized carbons (Fsp3) is 0.320. The molecule has 0 atom stereocenters. The number of anilines is 2. The van der Waals surface area contributed by atoms with Crippen molar-refractivity contribution >= 4 is 17.6 Å². The number of nitrogens with one attached hydrogen (secondary N) is 1. The molecule has 12 heteroatoms. The molecule has 4 aromatic rings. The number of hydrogen-bond donors (Lipinski definition) is 1. The predicted octanol–water partition coefficient (Wildman–Crippen LogP) is 5.03. The van der Waals surface area contributed by atoms with Crippen molar-refractivity contribution in [1.29, 1.82) is 0 Å². The molecule has 3 heterocycles. The van der Waals surface area contributed by atoms with Crippen molar-refractivity contribution in [2.45, 2.75) is 47.1 Å². The number of halogens is 3. The van der Waals surface area contributed by atoms with Gasteiger partial charge in [-0.3, -0.25) is 4.68 Å². The molecule has 0 aliphatic carbocycles. The largest absolute Gasteiger partial charge is 0.462 e. The zero-order valence-corrected chi connectivity index (χ0v) is 20.8. The van der Waals surface area contributed by atoms with Crippen molar-refractivity contribution in [2.75, 3.05) is 11.9 Å². The summed E-state index contributed by atoms with van der Waals surface area (Å²) in [5.41, 5.74) is 3.11. The Morgan fingerprint density at radius 1 is 1.11 bits per heavy atom. The standard InChI is InChI=1S/C25H26F3N7O2/c1-5-18-23(16-7-9-17(26)10-8-16)34(12-19(27)28)33-24(18)31-20-11-21(30-13-29-20)35-15(4)22(14(3)32-35)25(36)37-6-2/h7-11,13,19H,5-6,12H2,1-4H3,(H,29,30,31,33). The summed E-state index contributed by atoms with van der Waals surface area (Å²) in [6.45, 7) is 6.65. The summed E-state index contributed by atoms with van der Waals surface area (Å²) in [5.74, 6) is 0.174. The second kappa shape index (κ2) is 10.8. The number of alkyl halides is 2. The SMILES string of the molecule is CCOC(=O)c1c(C)nn(-c2cc(Nc3nn(CC(F)F)c(-c4ccc(F)cc4)c3CC)ncn2)c1C. The van der Waals surface area contributed by atoms with Crippen molar-refractivity contribution in [1.82, 2.24) is 29.5 Å². The summed E-state index contributed by atoms with van der Waals surface area (Å²) in [5, 5.41) is 11.9. The maximum Gasteiger partial charge on any atom is 0.341 e. The van der Waals surface area contributed by atoms with Gasteiger partial charge in [0, 0.05) is 17.2 Å². The number of aromatic nitrogens is 6. The van der Waals surface area contributed by atoms with Gasteiger partial charge in [-0.15, -0.1) is 0 Å². The van der Waals surface area contributed by atoms with Gasteiger partial charge in [0.05, 0.1) is 23.7 Å². The molecule has 0 amide bonds. The van der Waals surface area contributed by atoms with Crippen molar-refractivity contribution in [3.05, 3.63) is 65.0 Å². The quantitative estimate of drug-likeness (QED) is 0.313. The van der Waals surface area contributed by atoms with Crippen LogP contribution in [0.1, 0.15) is 41.2 Å². The highest BCUT2D eigenvalue weighted by atomic mass is 19.3. The van der Waals surface area contributed by atoms with Crippen LogP contribution in [-0.2, 0) is 17.7 Å². The molecular weight excluding hydrogens is 487 g/mol. The van der Waals surface area contributed by atoms with Gasteiger partial charge in [0.15, 0.2) is 11.6 Å². The van der Waals surface area contributed by atoms with Crippen LogP contribution in [0.15, 0.2) is 36.7 Å². The van der Waals surface area contributed by atoms with Crippen LogP contribution in [0, 0.1) is 19.7 Å². The first-order valence-corrected chi connectivity index (χ1v) is 11.7. The van der Waals surface area contributed by atoms with Crippen LogP contribution in [0.4, 0.5) is 24.8 Å². The number of rotatable bonds is 9. The van der Waals surface area contributed by atoms with Gasteiger partial charge in [-0.05, 0) is 51.5 Å². The normalized spacial score (nSPS) is 11.2. The highest BCUT2D eigenvalue weighted by Crippen LogP contribution is 2.32. The summed E-state index contributed by atoms with van der Waals surface area (Å²) in [4.78, 5) is 20.9. The highest BCUT2D eigenvalue weighted by Gasteiger charge is 2.23. The monoisotopic (exact) mass is 513 g/mol. The van der Waals surface area contributed by atoms with Crippen LogP contribution in [0.2, 0.25) is 0 Å². The first-order chi connectivity index (χ1) is 17.7. The fourth-order valence-electron chi connectivity index (χ4n) is 4.15. The zero-order chi connectivity index (χ0) is 26.7. The van der Waals surface area contributed by atoms with E-state index in [-0.39, 0.29) is 6.61 Å². The Morgan fingerprint density at radius 2 is 1.84 bits per heavy atom. The van der Waals surface area contributed by atoms with Gasteiger partial charge in [0.2, 0.25) is 0 Å². The third-order valence-corrected chi connectivity index (χ3v) is 5.72. The highest BCUT2D eigenvalue weighted by molar-refractivity contribution is 5.92. The van der Waals surface area contributed by atoms with E-state index in [1.807, 2.05) is 6.92 Å². The van der Waals surface area contributed by atoms with Crippen molar-refractivity contribution in [3.8, 4) is 17.1 Å². The molecule has 0 fully saturated rings. The van der Waals surface area contributed by atoms with Crippen molar-refractivity contribution in [3.63, 3.8) is 0 Å². The Bertz CT molecular complexity index is 1410. The number of carbonyl (C=O) groups is 1. The Kier molecular flexibility index (Phi) is 7.55. The van der Waals surface area contributed by atoms with Gasteiger partial charge >= 0.3 is 5.97 Å². The molecule has 3 aromatic heterocycles. The minimum absolute atomic E-state index is 0.238. The average molecular weight is 514 g/mol. The maximum absolute atomic E-state index is 13.5. The zero-order valence-electron chi connectivity index (χ0n) is 20.8. The minimum atomic E-state index is -2.64. The van der Waals surface area contributed by atoms with Gasteiger partial charge in [-0.2, -0.15) is 10.2 Å². The lowest BCUT2D eigenvalue weighted by Crippen LogP contribution is -2.10. The molecule has 37 heavy (non-hydrogen) atoms. The van der Waals surface area contributed by atoms with E-state index in [2.05, 4.69) is 25.5 Å². The second-order valence-corrected chi connectivity index (χ2v) is 8.17. The first kappa shape index (κ1) is 25.9. The van der Waals surface area contributed by atoms with Crippen LogP contribution in [0.3, 0.4) is 0 Å². The van der Waals surface area contributed by atoms with E-state index in [0.29, 0.717) is 57.6 Å². The summed E-state index contributed by atoms with van der Waals surface area (Å²) < 4.78 is 48.1. The lowest BCUT2D eigenvalue weighted by molar-refractivity contribution is 0.0524. The third kappa shape index (κ3) is 5.32. The van der Waals surface area contributed by atoms with E-state index in [0.717, 1.165) is 0 Å². The number of esters is 1. The Labute approximate surface area is 211 Å². The molecule has 0 saturated carbocycles. The summed E-state index contributed by atoms with van der Waals surface area (Å²) in [7, 11) is 0. The van der Waals surface area contributed by atoms with Crippen LogP contribution in [0.5, 0.6) is 0 Å². The summed E-state index contributed by atoms with van der Waals surface area (Å²) in [6, 6.07) is 7.22. The van der Waals surface area contributed by atoms with E-state index in [4.69, 9.17) is 4.74 Å². The summed E-state index contributed by atoms with van der Waals surface area (Å²) in [6.07, 6.45) is -0.848. The fourth-order valence-corrected chi connectivity index (χ4v) is 4.15. The van der Waals surface area contributed by atoms with Gasteiger partial charge in [0.1, 0.15) is 30.1 Å². The van der Waals surface area contributed by atoms with Crippen LogP contribution in [0.25, 0.3) is 17.1 Å². The van der Waals surface area contributed by atoms with E-state index in [1.54, 1.807) is 26.8 Å². The second-order valence-electron chi connectivity index (χ2n) is 8.17. The number of ether oxygens (including phenoxy) is 1. The molecule has 0 aliphatic rings. The molecule has 9 nitrogen and oxygen atoms in total. The topological polar surface area (TPSA) is 99.8 Å². The van der Waals surface area contributed by atoms with Crippen molar-refractivity contribution in [2.24, 2.45) is 0 Å². The first-order valence-electron chi connectivity index (χ1n) is 11.7. The number of benzene rings is 1. The molecule has 1 N–H and O–H groups in total. The van der Waals surface area contributed by atoms with E-state index >= 15 is 0 Å². The molecule has 0 aliphatic heterocycles. The third-order valence-electron chi connectivity index (χ3n) is 5.72. The Balaban J connectivity index is 1.73. The average Bonchev–Trinajstić information content (AvgIpc) is 3.34. The smallest absolute Gasteiger partial charge is 0.341 e. The molecule has 0 spiro atoms. The molecule has 0 radical (unpaired) electrons. The molecule has 0 bridgehead atoms. The number of carbonyl (C=O) groups excluding carboxylic acids is 1. The number of aryl methyl sites for hydroxylation is 1. The van der Waals surface area contributed by atoms with Gasteiger partial charge in [-0.1, -0.05) is 6.92 Å². The Morgan fingerprint density at radius 3 is 2.49 bits per heavy atom. The van der Waals surface area contributed by atoms with E-state index < -0.39 is 24.8 Å². The molecule has 0 saturated heterocycles. The summed E-state index contributed by atoms with van der Waals surface area (Å²) >= 11 is 0. The lowest BCUT2D eigenvalue weighted by atomic mass is 10.1. The molecule has 1 aromatic carbocycles. The number of nitrogens with zero attached hydrogens (tertiary/aromatic N) is 6. The molecule has 4 rings (SSSR count). The van der Waals surface area contributed by atoms with E-state index in [9.17, 15) is 18.0 Å². The van der Waals surface area contributed by atoms with Gasteiger partial charge in [-0.25, -0.2) is 32.6 Å². The maximum atomic E-state index is 13.5. The predicted molar refractivity (Wildman–Crippen MR) is 131 cm³/mol. The van der Waals surface area contributed by atoms with E-state index in [1.165, 1.54) is 40.0 Å². The minimum Gasteiger partial charge on any atom is -0.462 e. The van der Waals surface area contributed by atoms with Crippen LogP contribution < -0.4 is 5.32 Å². The number of hydrogen-bond acceptors (Lipinski definition) is 7. The van der Waals surface area contributed by atoms with Crippen LogP contribution >= 0.6 is 0 Å². The molecule has 194 valence electrons. The van der Waals surface area contributed by atoms with Crippen molar-refractivity contribution < 1.29 is 22.7 Å². The molecular formula is C25H26F3N7O2. The Hall–Kier alpha value is -4.22. The lowest BCUT2D eigenvalue weighted by Gasteiger charge is -2.09. The van der Waals surface area contributed by atoms with Gasteiger partial charge in [0.25, 0.3) is 6.43 Å². The van der Waals surface area contributed by atoms with Crippen LogP contribution in [-0.4, -0.2) is 48.5 Å². The molecule has 0 unspecified atom stereocenters.